The third-order valence-corrected chi connectivity index (χ3v) is 4.19. The quantitative estimate of drug-likeness (QED) is 0.855. The lowest BCUT2D eigenvalue weighted by molar-refractivity contribution is 0.0617. The number of carbonyl (C=O) groups is 1. The molecule has 1 aliphatic rings. The van der Waals surface area contributed by atoms with Crippen molar-refractivity contribution < 1.29 is 9.90 Å². The summed E-state index contributed by atoms with van der Waals surface area (Å²) in [5.74, 6) is 0.271. The van der Waals surface area contributed by atoms with Crippen molar-refractivity contribution in [3.8, 4) is 5.75 Å². The first kappa shape index (κ1) is 13.9. The molecule has 0 bridgehead atoms. The van der Waals surface area contributed by atoms with Gasteiger partial charge >= 0.3 is 0 Å². The number of phenolic OH excluding ortho intramolecular Hbond substituents is 1. The Morgan fingerprint density at radius 3 is 2.58 bits per heavy atom. The van der Waals surface area contributed by atoms with E-state index >= 15 is 0 Å². The van der Waals surface area contributed by atoms with Gasteiger partial charge in [0, 0.05) is 18.7 Å². The van der Waals surface area contributed by atoms with Gasteiger partial charge in [0.05, 0.1) is 0 Å². The van der Waals surface area contributed by atoms with E-state index in [1.54, 1.807) is 25.1 Å². The van der Waals surface area contributed by atoms with Crippen LogP contribution in [0.5, 0.6) is 5.75 Å². The first-order valence-electron chi connectivity index (χ1n) is 6.74. The molecule has 1 aromatic rings. The summed E-state index contributed by atoms with van der Waals surface area (Å²) in [6.45, 7) is 6.17. The van der Waals surface area contributed by atoms with Crippen molar-refractivity contribution in [3.63, 3.8) is 0 Å². The van der Waals surface area contributed by atoms with Gasteiger partial charge in [-0.15, -0.1) is 0 Å². The lowest BCUT2D eigenvalue weighted by atomic mass is 9.80. The van der Waals surface area contributed by atoms with Crippen LogP contribution in [0.15, 0.2) is 18.2 Å². The summed E-state index contributed by atoms with van der Waals surface area (Å²) in [5.41, 5.74) is 7.32. The van der Waals surface area contributed by atoms with Gasteiger partial charge in [-0.25, -0.2) is 0 Å². The summed E-state index contributed by atoms with van der Waals surface area (Å²) in [7, 11) is 0. The maximum absolute atomic E-state index is 12.4. The van der Waals surface area contributed by atoms with Crippen LogP contribution in [-0.4, -0.2) is 35.5 Å². The summed E-state index contributed by atoms with van der Waals surface area (Å²) in [6, 6.07) is 5.01. The summed E-state index contributed by atoms with van der Waals surface area (Å²) in [5, 5.41) is 9.50. The third kappa shape index (κ3) is 2.89. The lowest BCUT2D eigenvalue weighted by Crippen LogP contribution is -2.44. The number of nitrogens with zero attached hydrogens (tertiary/aromatic N) is 1. The fraction of sp³-hybridized carbons (Fsp3) is 0.533. The Morgan fingerprint density at radius 1 is 1.42 bits per heavy atom. The smallest absolute Gasteiger partial charge is 0.253 e. The number of rotatable bonds is 2. The van der Waals surface area contributed by atoms with Crippen molar-refractivity contribution in [1.82, 2.24) is 4.90 Å². The zero-order chi connectivity index (χ0) is 14.0. The highest BCUT2D eigenvalue weighted by Crippen LogP contribution is 2.30. The van der Waals surface area contributed by atoms with E-state index in [0.717, 1.165) is 31.5 Å². The minimum absolute atomic E-state index is 0.0437. The topological polar surface area (TPSA) is 66.6 Å². The first-order chi connectivity index (χ1) is 8.95. The van der Waals surface area contributed by atoms with Crippen LogP contribution in [0.25, 0.3) is 0 Å². The molecule has 0 radical (unpaired) electrons. The van der Waals surface area contributed by atoms with Gasteiger partial charge in [0.2, 0.25) is 0 Å². The molecule has 1 aromatic carbocycles. The maximum atomic E-state index is 12.4. The molecule has 4 nitrogen and oxygen atoms in total. The highest BCUT2D eigenvalue weighted by Gasteiger charge is 2.30. The molecular formula is C15H22N2O2. The largest absolute Gasteiger partial charge is 0.508 e. The summed E-state index contributed by atoms with van der Waals surface area (Å²) >= 11 is 0. The Bertz CT molecular complexity index is 477. The highest BCUT2D eigenvalue weighted by molar-refractivity contribution is 5.94. The van der Waals surface area contributed by atoms with Gasteiger partial charge in [-0.1, -0.05) is 6.92 Å². The molecule has 19 heavy (non-hydrogen) atoms. The van der Waals surface area contributed by atoms with E-state index in [1.165, 1.54) is 0 Å². The van der Waals surface area contributed by atoms with Crippen LogP contribution in [0.1, 0.15) is 35.7 Å². The number of phenols is 1. The van der Waals surface area contributed by atoms with Gasteiger partial charge in [-0.3, -0.25) is 4.79 Å². The van der Waals surface area contributed by atoms with E-state index in [2.05, 4.69) is 6.92 Å². The molecule has 1 heterocycles. The minimum Gasteiger partial charge on any atom is -0.508 e. The van der Waals surface area contributed by atoms with Gasteiger partial charge in [-0.2, -0.15) is 0 Å². The van der Waals surface area contributed by atoms with Crippen molar-refractivity contribution >= 4 is 5.91 Å². The van der Waals surface area contributed by atoms with Crippen LogP contribution in [0.2, 0.25) is 0 Å². The third-order valence-electron chi connectivity index (χ3n) is 4.19. The number of nitrogens with two attached hydrogens (primary N) is 1. The fourth-order valence-corrected chi connectivity index (χ4v) is 2.42. The van der Waals surface area contributed by atoms with Crippen molar-refractivity contribution in [2.75, 3.05) is 19.6 Å². The van der Waals surface area contributed by atoms with Crippen LogP contribution < -0.4 is 5.73 Å². The SMILES string of the molecule is Cc1cc(C(=O)N2CCC(C)(CN)CC2)ccc1O. The standard InChI is InChI=1S/C15H22N2O2/c1-11-9-12(3-4-13(11)18)14(19)17-7-5-15(2,10-16)6-8-17/h3-4,9,18H,5-8,10,16H2,1-2H3. The van der Waals surface area contributed by atoms with Gasteiger partial charge in [0.1, 0.15) is 5.75 Å². The van der Waals surface area contributed by atoms with Crippen molar-refractivity contribution in [2.45, 2.75) is 26.7 Å². The second-order valence-electron chi connectivity index (χ2n) is 5.81. The van der Waals surface area contributed by atoms with Crippen LogP contribution in [0.3, 0.4) is 0 Å². The zero-order valence-corrected chi connectivity index (χ0v) is 11.6. The molecular weight excluding hydrogens is 240 g/mol. The van der Waals surface area contributed by atoms with Crippen LogP contribution >= 0.6 is 0 Å². The summed E-state index contributed by atoms with van der Waals surface area (Å²) in [4.78, 5) is 14.3. The Labute approximate surface area is 114 Å². The molecule has 1 aliphatic heterocycles. The molecule has 104 valence electrons. The molecule has 0 saturated carbocycles. The van der Waals surface area contributed by atoms with Crippen LogP contribution in [-0.2, 0) is 0 Å². The molecule has 4 heteroatoms. The molecule has 0 unspecified atom stereocenters. The Balaban J connectivity index is 2.07. The molecule has 0 atom stereocenters. The summed E-state index contributed by atoms with van der Waals surface area (Å²) < 4.78 is 0. The fourth-order valence-electron chi connectivity index (χ4n) is 2.42. The van der Waals surface area contributed by atoms with Gasteiger partial charge < -0.3 is 15.7 Å². The number of aromatic hydroxyl groups is 1. The van der Waals surface area contributed by atoms with Crippen molar-refractivity contribution in [1.29, 1.82) is 0 Å². The molecule has 0 aliphatic carbocycles. The monoisotopic (exact) mass is 262 g/mol. The maximum Gasteiger partial charge on any atom is 0.253 e. The van der Waals surface area contributed by atoms with E-state index < -0.39 is 0 Å². The average Bonchev–Trinajstić information content (AvgIpc) is 2.42. The number of amides is 1. The van der Waals surface area contributed by atoms with Crippen molar-refractivity contribution in [3.05, 3.63) is 29.3 Å². The van der Waals surface area contributed by atoms with Crippen molar-refractivity contribution in [2.24, 2.45) is 11.1 Å². The number of carbonyl (C=O) groups excluding carboxylic acids is 1. The van der Waals surface area contributed by atoms with Gasteiger partial charge in [0.25, 0.3) is 5.91 Å². The number of hydrogen-bond acceptors (Lipinski definition) is 3. The number of aryl methyl sites for hydroxylation is 1. The lowest BCUT2D eigenvalue weighted by Gasteiger charge is -2.38. The Kier molecular flexibility index (Phi) is 3.80. The predicted octanol–water partition coefficient (Wildman–Crippen LogP) is 1.90. The minimum atomic E-state index is 0.0437. The van der Waals surface area contributed by atoms with Crippen LogP contribution in [0, 0.1) is 12.3 Å². The van der Waals surface area contributed by atoms with E-state index in [9.17, 15) is 9.90 Å². The number of benzene rings is 1. The number of hydrogen-bond donors (Lipinski definition) is 2. The first-order valence-corrected chi connectivity index (χ1v) is 6.74. The molecule has 0 spiro atoms. The molecule has 1 amide bonds. The van der Waals surface area contributed by atoms with Gasteiger partial charge in [-0.05, 0) is 55.5 Å². The number of piperidine rings is 1. The number of likely N-dealkylation sites (tertiary alicyclic amines) is 1. The van der Waals surface area contributed by atoms with Gasteiger partial charge in [0.15, 0.2) is 0 Å². The average molecular weight is 262 g/mol. The molecule has 0 aromatic heterocycles. The van der Waals surface area contributed by atoms with E-state index in [4.69, 9.17) is 5.73 Å². The Morgan fingerprint density at radius 2 is 2.05 bits per heavy atom. The highest BCUT2D eigenvalue weighted by atomic mass is 16.3. The summed E-state index contributed by atoms with van der Waals surface area (Å²) in [6.07, 6.45) is 1.90. The van der Waals surface area contributed by atoms with E-state index in [-0.39, 0.29) is 17.1 Å². The molecule has 3 N–H and O–H groups in total. The molecule has 1 saturated heterocycles. The molecule has 1 fully saturated rings. The van der Waals surface area contributed by atoms with E-state index in [0.29, 0.717) is 12.1 Å². The zero-order valence-electron chi connectivity index (χ0n) is 11.6. The Hall–Kier alpha value is -1.55. The van der Waals surface area contributed by atoms with E-state index in [1.807, 2.05) is 4.90 Å². The predicted molar refractivity (Wildman–Crippen MR) is 75.1 cm³/mol. The normalized spacial score (nSPS) is 18.4. The van der Waals surface area contributed by atoms with Crippen LogP contribution in [0.4, 0.5) is 0 Å². The molecule has 2 rings (SSSR count). The second kappa shape index (κ2) is 5.21. The second-order valence-corrected chi connectivity index (χ2v) is 5.81.